The van der Waals surface area contributed by atoms with Crippen molar-refractivity contribution in [1.82, 2.24) is 24.6 Å². The van der Waals surface area contributed by atoms with Crippen molar-refractivity contribution in [3.05, 3.63) is 58.0 Å². The number of nitrogens with one attached hydrogen (secondary N) is 3. The summed E-state index contributed by atoms with van der Waals surface area (Å²) in [6.45, 7) is 0. The monoisotopic (exact) mass is 593 g/mol. The maximum Gasteiger partial charge on any atom is 0.276 e. The number of thiazole rings is 1. The van der Waals surface area contributed by atoms with E-state index in [4.69, 9.17) is 22.4 Å². The molecule has 2 fully saturated rings. The Bertz CT molecular complexity index is 1530. The third-order valence-corrected chi connectivity index (χ3v) is 8.48. The summed E-state index contributed by atoms with van der Waals surface area (Å²) in [6, 6.07) is 5.34. The number of ketones is 1. The molecule has 0 spiro atoms. The standard InChI is InChI=1S/C28H32ClN9O2S/c29-25-11-19(7-8-31-25)36-28(40)23-13-32-27-22(34-17-5-6-17)12-26(37-38(23)27)35-18-3-1-16(2-4-18)9-24(39)21(30)10-20-14-41-15-33-20/h7-8,11-18,21,34H,1-6,9-10,30H2,(H,35,37)(H,31,36,40)/t16?,18?,21-/m1/s1. The Hall–Kier alpha value is -3.61. The SMILES string of the molecule is N[C@H](Cc1cscn1)C(=O)CC1CCC(Nc2cc(NC3CC3)c3ncc(C(=O)Nc4ccnc(Cl)c4)n3n2)CC1. The molecule has 5 N–H and O–H groups in total. The van der Waals surface area contributed by atoms with Crippen molar-refractivity contribution in [3.63, 3.8) is 0 Å². The average Bonchev–Trinajstić information content (AvgIpc) is 3.42. The van der Waals surface area contributed by atoms with Gasteiger partial charge in [-0.2, -0.15) is 0 Å². The molecule has 0 bridgehead atoms. The number of carbonyl (C=O) groups excluding carboxylic acids is 2. The fourth-order valence-electron chi connectivity index (χ4n) is 5.26. The smallest absolute Gasteiger partial charge is 0.276 e. The molecule has 2 aliphatic carbocycles. The van der Waals surface area contributed by atoms with E-state index in [-0.39, 0.29) is 17.7 Å². The van der Waals surface area contributed by atoms with E-state index in [9.17, 15) is 9.59 Å². The molecule has 0 saturated heterocycles. The minimum Gasteiger partial charge on any atom is -0.379 e. The lowest BCUT2D eigenvalue weighted by Gasteiger charge is -2.29. The van der Waals surface area contributed by atoms with Gasteiger partial charge in [-0.3, -0.25) is 9.59 Å². The molecule has 0 aliphatic heterocycles. The van der Waals surface area contributed by atoms with Gasteiger partial charge in [-0.15, -0.1) is 16.4 Å². The first kappa shape index (κ1) is 27.6. The van der Waals surface area contributed by atoms with Crippen LogP contribution in [-0.4, -0.2) is 54.4 Å². The zero-order valence-electron chi connectivity index (χ0n) is 22.4. The highest BCUT2D eigenvalue weighted by Gasteiger charge is 2.27. The summed E-state index contributed by atoms with van der Waals surface area (Å²) in [4.78, 5) is 38.6. The quantitative estimate of drug-likeness (QED) is 0.183. The first-order valence-corrected chi connectivity index (χ1v) is 15.2. The molecule has 214 valence electrons. The van der Waals surface area contributed by atoms with E-state index in [0.29, 0.717) is 52.8 Å². The van der Waals surface area contributed by atoms with Crippen molar-refractivity contribution in [3.8, 4) is 0 Å². The lowest BCUT2D eigenvalue weighted by Crippen LogP contribution is -2.35. The molecule has 2 aliphatic rings. The van der Waals surface area contributed by atoms with Gasteiger partial charge < -0.3 is 21.7 Å². The number of carbonyl (C=O) groups is 2. The molecule has 4 heterocycles. The van der Waals surface area contributed by atoms with Gasteiger partial charge in [-0.25, -0.2) is 19.5 Å². The normalized spacial score (nSPS) is 19.6. The third kappa shape index (κ3) is 6.83. The number of rotatable bonds is 11. The van der Waals surface area contributed by atoms with E-state index in [1.165, 1.54) is 23.7 Å². The van der Waals surface area contributed by atoms with Crippen LogP contribution < -0.4 is 21.7 Å². The Labute approximate surface area is 246 Å². The Morgan fingerprint density at radius 3 is 2.59 bits per heavy atom. The van der Waals surface area contributed by atoms with E-state index < -0.39 is 6.04 Å². The van der Waals surface area contributed by atoms with Gasteiger partial charge in [0, 0.05) is 48.3 Å². The number of pyridine rings is 1. The van der Waals surface area contributed by atoms with Crippen molar-refractivity contribution in [1.29, 1.82) is 0 Å². The van der Waals surface area contributed by atoms with Crippen LogP contribution in [0.2, 0.25) is 5.15 Å². The molecule has 11 nitrogen and oxygen atoms in total. The van der Waals surface area contributed by atoms with Gasteiger partial charge in [0.05, 0.1) is 29.1 Å². The number of anilines is 3. The predicted molar refractivity (Wildman–Crippen MR) is 160 cm³/mol. The van der Waals surface area contributed by atoms with Crippen LogP contribution in [0.1, 0.15) is 61.1 Å². The van der Waals surface area contributed by atoms with Gasteiger partial charge in [-0.1, -0.05) is 11.6 Å². The summed E-state index contributed by atoms with van der Waals surface area (Å²) < 4.78 is 1.58. The first-order chi connectivity index (χ1) is 19.9. The second-order valence-electron chi connectivity index (χ2n) is 10.9. The van der Waals surface area contributed by atoms with Crippen LogP contribution in [0.5, 0.6) is 0 Å². The lowest BCUT2D eigenvalue weighted by atomic mass is 9.82. The highest BCUT2D eigenvalue weighted by atomic mass is 35.5. The van der Waals surface area contributed by atoms with E-state index in [2.05, 4.69) is 30.9 Å². The topological polar surface area (TPSA) is 152 Å². The molecular weight excluding hydrogens is 562 g/mol. The summed E-state index contributed by atoms with van der Waals surface area (Å²) in [6.07, 6.45) is 9.99. The van der Waals surface area contributed by atoms with Crippen LogP contribution in [0.15, 0.2) is 41.5 Å². The number of nitrogens with two attached hydrogens (primary N) is 1. The highest BCUT2D eigenvalue weighted by Crippen LogP contribution is 2.32. The molecule has 4 aromatic heterocycles. The maximum absolute atomic E-state index is 13.2. The Kier molecular flexibility index (Phi) is 8.13. The average molecular weight is 594 g/mol. The molecule has 2 saturated carbocycles. The van der Waals surface area contributed by atoms with Gasteiger partial charge in [0.15, 0.2) is 11.3 Å². The number of hydrogen-bond acceptors (Lipinski definition) is 10. The second kappa shape index (κ2) is 12.1. The van der Waals surface area contributed by atoms with Crippen LogP contribution in [0.3, 0.4) is 0 Å². The van der Waals surface area contributed by atoms with Crippen LogP contribution >= 0.6 is 22.9 Å². The maximum atomic E-state index is 13.2. The minimum atomic E-state index is -0.501. The third-order valence-electron chi connectivity index (χ3n) is 7.64. The van der Waals surface area contributed by atoms with Crippen molar-refractivity contribution in [2.45, 2.75) is 69.5 Å². The van der Waals surface area contributed by atoms with Crippen LogP contribution in [-0.2, 0) is 11.2 Å². The first-order valence-electron chi connectivity index (χ1n) is 13.9. The molecule has 1 amide bonds. The zero-order chi connectivity index (χ0) is 28.3. The molecule has 41 heavy (non-hydrogen) atoms. The summed E-state index contributed by atoms with van der Waals surface area (Å²) >= 11 is 7.49. The van der Waals surface area contributed by atoms with E-state index in [0.717, 1.165) is 49.9 Å². The van der Waals surface area contributed by atoms with Crippen molar-refractivity contribution in [2.75, 3.05) is 16.0 Å². The number of halogens is 1. The summed E-state index contributed by atoms with van der Waals surface area (Å²) in [5.41, 5.74) is 11.1. The molecular formula is C28H32ClN9O2S. The molecule has 0 unspecified atom stereocenters. The van der Waals surface area contributed by atoms with Gasteiger partial charge in [-0.05, 0) is 56.6 Å². The van der Waals surface area contributed by atoms with Gasteiger partial charge in [0.25, 0.3) is 5.91 Å². The van der Waals surface area contributed by atoms with Crippen molar-refractivity contribution in [2.24, 2.45) is 11.7 Å². The van der Waals surface area contributed by atoms with Crippen molar-refractivity contribution >= 4 is 57.5 Å². The summed E-state index contributed by atoms with van der Waals surface area (Å²) in [5, 5.41) is 16.9. The lowest BCUT2D eigenvalue weighted by molar-refractivity contribution is -0.121. The molecule has 0 radical (unpaired) electrons. The van der Waals surface area contributed by atoms with E-state index >= 15 is 0 Å². The molecule has 0 aromatic carbocycles. The molecule has 1 atom stereocenters. The fraction of sp³-hybridized carbons (Fsp3) is 0.429. The molecule has 6 rings (SSSR count). The largest absolute Gasteiger partial charge is 0.379 e. The zero-order valence-corrected chi connectivity index (χ0v) is 24.0. The van der Waals surface area contributed by atoms with Crippen LogP contribution in [0, 0.1) is 5.92 Å². The highest BCUT2D eigenvalue weighted by molar-refractivity contribution is 7.07. The number of imidazole rings is 1. The number of nitrogens with zero attached hydrogens (tertiary/aromatic N) is 5. The number of Topliss-reactive ketones (excluding diaryl/α,β-unsaturated/α-hetero) is 1. The van der Waals surface area contributed by atoms with Gasteiger partial charge in [0.1, 0.15) is 16.8 Å². The number of fused-ring (bicyclic) bond motifs is 1. The summed E-state index contributed by atoms with van der Waals surface area (Å²) in [5.74, 6) is 0.761. The predicted octanol–water partition coefficient (Wildman–Crippen LogP) is 4.56. The molecule has 4 aromatic rings. The van der Waals surface area contributed by atoms with Crippen LogP contribution in [0.25, 0.3) is 5.65 Å². The van der Waals surface area contributed by atoms with E-state index in [1.807, 2.05) is 11.4 Å². The Morgan fingerprint density at radius 2 is 1.85 bits per heavy atom. The second-order valence-corrected chi connectivity index (χ2v) is 12.0. The Morgan fingerprint density at radius 1 is 1.07 bits per heavy atom. The number of hydrogen-bond donors (Lipinski definition) is 4. The number of aromatic nitrogens is 5. The van der Waals surface area contributed by atoms with Crippen molar-refractivity contribution < 1.29 is 9.59 Å². The van der Waals surface area contributed by atoms with Crippen LogP contribution in [0.4, 0.5) is 17.2 Å². The Balaban J connectivity index is 1.11. The number of amides is 1. The van der Waals surface area contributed by atoms with Gasteiger partial charge >= 0.3 is 0 Å². The fourth-order valence-corrected chi connectivity index (χ4v) is 6.00. The van der Waals surface area contributed by atoms with E-state index in [1.54, 1.807) is 22.2 Å². The minimum absolute atomic E-state index is 0.109. The molecule has 13 heteroatoms. The van der Waals surface area contributed by atoms with Gasteiger partial charge in [0.2, 0.25) is 0 Å². The summed E-state index contributed by atoms with van der Waals surface area (Å²) in [7, 11) is 0.